The molecule has 0 spiro atoms. The summed E-state index contributed by atoms with van der Waals surface area (Å²) >= 11 is 1.84. The van der Waals surface area contributed by atoms with Gasteiger partial charge in [0.2, 0.25) is 5.82 Å². The number of hydrogen-bond acceptors (Lipinski definition) is 5. The molecule has 0 fully saturated rings. The average molecular weight is 410 g/mol. The number of rotatable bonds is 6. The second-order valence-corrected chi connectivity index (χ2v) is 8.76. The van der Waals surface area contributed by atoms with Crippen LogP contribution in [0.1, 0.15) is 52.2 Å². The number of hydrogen-bond donors (Lipinski definition) is 1. The van der Waals surface area contributed by atoms with Gasteiger partial charge in [0.1, 0.15) is 5.82 Å². The monoisotopic (exact) mass is 409 g/mol. The molecule has 1 N–H and O–H groups in total. The molecule has 152 valence electrons. The summed E-state index contributed by atoms with van der Waals surface area (Å²) in [6, 6.07) is 10.3. The third kappa shape index (κ3) is 4.26. The molecule has 0 unspecified atom stereocenters. The zero-order valence-electron chi connectivity index (χ0n) is 17.2. The van der Waals surface area contributed by atoms with Gasteiger partial charge in [-0.1, -0.05) is 32.0 Å². The second kappa shape index (κ2) is 8.47. The van der Waals surface area contributed by atoms with Crippen LogP contribution in [0, 0.1) is 6.92 Å². The van der Waals surface area contributed by atoms with E-state index < -0.39 is 0 Å². The van der Waals surface area contributed by atoms with Crippen LogP contribution in [0.5, 0.6) is 0 Å². The average Bonchev–Trinajstić information content (AvgIpc) is 3.34. The zero-order valence-corrected chi connectivity index (χ0v) is 18.0. The number of benzene rings is 1. The first-order valence-electron chi connectivity index (χ1n) is 10.1. The Bertz CT molecular complexity index is 1010. The molecule has 3 aromatic rings. The molecule has 0 bridgehead atoms. The van der Waals surface area contributed by atoms with Crippen molar-refractivity contribution in [2.24, 2.45) is 0 Å². The van der Waals surface area contributed by atoms with Crippen molar-refractivity contribution in [1.29, 1.82) is 0 Å². The fraction of sp³-hybridized carbons (Fsp3) is 0.409. The first-order chi connectivity index (χ1) is 14.0. The largest absolute Gasteiger partial charge is 0.348 e. The van der Waals surface area contributed by atoms with Crippen LogP contribution < -0.4 is 5.32 Å². The number of thiophene rings is 1. The number of amides is 1. The van der Waals surface area contributed by atoms with E-state index in [1.807, 2.05) is 36.5 Å². The molecule has 0 atom stereocenters. The summed E-state index contributed by atoms with van der Waals surface area (Å²) < 4.78 is 1.77. The van der Waals surface area contributed by atoms with E-state index in [2.05, 4.69) is 51.7 Å². The summed E-state index contributed by atoms with van der Waals surface area (Å²) in [7, 11) is 0. The third-order valence-corrected chi connectivity index (χ3v) is 6.38. The van der Waals surface area contributed by atoms with Crippen molar-refractivity contribution in [3.05, 3.63) is 63.4 Å². The fourth-order valence-corrected chi connectivity index (χ4v) is 4.68. The molecule has 4 rings (SSSR count). The molecule has 29 heavy (non-hydrogen) atoms. The zero-order chi connectivity index (χ0) is 20.4. The number of carbonyl (C=O) groups excluding carboxylic acids is 1. The van der Waals surface area contributed by atoms with Gasteiger partial charge in [0.25, 0.3) is 5.91 Å². The summed E-state index contributed by atoms with van der Waals surface area (Å²) in [5, 5.41) is 9.63. The Balaban J connectivity index is 1.38. The van der Waals surface area contributed by atoms with Crippen LogP contribution in [0.2, 0.25) is 0 Å². The van der Waals surface area contributed by atoms with E-state index in [0.717, 1.165) is 31.7 Å². The summed E-state index contributed by atoms with van der Waals surface area (Å²) in [5.41, 5.74) is 3.59. The number of carbonyl (C=O) groups is 1. The molecule has 7 heteroatoms. The lowest BCUT2D eigenvalue weighted by molar-refractivity contribution is 0.0937. The lowest BCUT2D eigenvalue weighted by atomic mass is 10.0. The van der Waals surface area contributed by atoms with Crippen LogP contribution in [0.25, 0.3) is 5.69 Å². The summed E-state index contributed by atoms with van der Waals surface area (Å²) in [4.78, 5) is 20.9. The number of para-hydroxylation sites is 1. The lowest BCUT2D eigenvalue weighted by Gasteiger charge is -2.26. The minimum absolute atomic E-state index is 0.220. The molecule has 0 saturated heterocycles. The SMILES string of the molecule is Cc1nc(C(=O)NCCN2CCc3sccc3C2)nn1-c1ccccc1C(C)C. The molecule has 1 aliphatic rings. The van der Waals surface area contributed by atoms with Crippen molar-refractivity contribution >= 4 is 17.2 Å². The summed E-state index contributed by atoms with van der Waals surface area (Å²) in [6.45, 7) is 9.61. The molecular weight excluding hydrogens is 382 g/mol. The molecule has 1 aromatic carbocycles. The van der Waals surface area contributed by atoms with Gasteiger partial charge >= 0.3 is 0 Å². The van der Waals surface area contributed by atoms with Gasteiger partial charge in [0.15, 0.2) is 0 Å². The number of nitrogens with zero attached hydrogens (tertiary/aromatic N) is 4. The van der Waals surface area contributed by atoms with Crippen molar-refractivity contribution in [2.45, 2.75) is 39.7 Å². The smallest absolute Gasteiger partial charge is 0.291 e. The van der Waals surface area contributed by atoms with Gasteiger partial charge in [-0.25, -0.2) is 9.67 Å². The Kier molecular flexibility index (Phi) is 5.78. The van der Waals surface area contributed by atoms with E-state index in [4.69, 9.17) is 0 Å². The van der Waals surface area contributed by atoms with Crippen molar-refractivity contribution in [3.8, 4) is 5.69 Å². The molecule has 1 amide bonds. The number of nitrogens with one attached hydrogen (secondary N) is 1. The van der Waals surface area contributed by atoms with Gasteiger partial charge in [-0.3, -0.25) is 9.69 Å². The number of aromatic nitrogens is 3. The van der Waals surface area contributed by atoms with Gasteiger partial charge in [0, 0.05) is 31.1 Å². The Morgan fingerprint density at radius 3 is 2.93 bits per heavy atom. The topological polar surface area (TPSA) is 63.1 Å². The number of fused-ring (bicyclic) bond motifs is 1. The first kappa shape index (κ1) is 19.8. The first-order valence-corrected chi connectivity index (χ1v) is 11.0. The highest BCUT2D eigenvalue weighted by atomic mass is 32.1. The van der Waals surface area contributed by atoms with Crippen LogP contribution in [-0.4, -0.2) is 45.2 Å². The van der Waals surface area contributed by atoms with E-state index in [0.29, 0.717) is 18.3 Å². The van der Waals surface area contributed by atoms with Crippen LogP contribution >= 0.6 is 11.3 Å². The van der Waals surface area contributed by atoms with Gasteiger partial charge in [0.05, 0.1) is 5.69 Å². The van der Waals surface area contributed by atoms with E-state index >= 15 is 0 Å². The predicted molar refractivity (Wildman–Crippen MR) is 116 cm³/mol. The highest BCUT2D eigenvalue weighted by Crippen LogP contribution is 2.24. The van der Waals surface area contributed by atoms with E-state index in [-0.39, 0.29) is 11.7 Å². The van der Waals surface area contributed by atoms with Crippen LogP contribution in [-0.2, 0) is 13.0 Å². The molecule has 0 aliphatic carbocycles. The quantitative estimate of drug-likeness (QED) is 0.676. The van der Waals surface area contributed by atoms with E-state index in [9.17, 15) is 4.79 Å². The number of aryl methyl sites for hydroxylation is 1. The molecule has 2 aromatic heterocycles. The standard InChI is InChI=1S/C22H27N5OS/c1-15(2)18-6-4-5-7-19(18)27-16(3)24-21(25-27)22(28)23-10-12-26-11-8-20-17(14-26)9-13-29-20/h4-7,9,13,15H,8,10-12,14H2,1-3H3,(H,23,28). The summed E-state index contributed by atoms with van der Waals surface area (Å²) in [6.07, 6.45) is 1.10. The highest BCUT2D eigenvalue weighted by Gasteiger charge is 2.19. The minimum atomic E-state index is -0.220. The van der Waals surface area contributed by atoms with Gasteiger partial charge in [-0.15, -0.1) is 16.4 Å². The maximum atomic E-state index is 12.6. The van der Waals surface area contributed by atoms with Gasteiger partial charge in [-0.2, -0.15) is 0 Å². The van der Waals surface area contributed by atoms with Gasteiger partial charge in [-0.05, 0) is 47.9 Å². The molecule has 3 heterocycles. The van der Waals surface area contributed by atoms with Crippen LogP contribution in [0.4, 0.5) is 0 Å². The predicted octanol–water partition coefficient (Wildman–Crippen LogP) is 3.55. The normalized spacial score (nSPS) is 14.2. The third-order valence-electron chi connectivity index (χ3n) is 5.36. The van der Waals surface area contributed by atoms with Gasteiger partial charge < -0.3 is 5.32 Å². The van der Waals surface area contributed by atoms with Crippen molar-refractivity contribution in [2.75, 3.05) is 19.6 Å². The fourth-order valence-electron chi connectivity index (χ4n) is 3.79. The van der Waals surface area contributed by atoms with Crippen molar-refractivity contribution in [3.63, 3.8) is 0 Å². The Morgan fingerprint density at radius 2 is 2.10 bits per heavy atom. The maximum Gasteiger partial charge on any atom is 0.291 e. The van der Waals surface area contributed by atoms with Crippen molar-refractivity contribution < 1.29 is 4.79 Å². The molecule has 0 saturated carbocycles. The molecule has 1 aliphatic heterocycles. The second-order valence-electron chi connectivity index (χ2n) is 7.76. The van der Waals surface area contributed by atoms with E-state index in [1.54, 1.807) is 4.68 Å². The maximum absolute atomic E-state index is 12.6. The van der Waals surface area contributed by atoms with Crippen molar-refractivity contribution in [1.82, 2.24) is 25.0 Å². The Morgan fingerprint density at radius 1 is 1.28 bits per heavy atom. The molecule has 6 nitrogen and oxygen atoms in total. The molecular formula is C22H27N5OS. The van der Waals surface area contributed by atoms with Crippen LogP contribution in [0.3, 0.4) is 0 Å². The Labute approximate surface area is 175 Å². The molecule has 0 radical (unpaired) electrons. The minimum Gasteiger partial charge on any atom is -0.348 e. The summed E-state index contributed by atoms with van der Waals surface area (Å²) in [5.74, 6) is 1.08. The Hall–Kier alpha value is -2.51. The highest BCUT2D eigenvalue weighted by molar-refractivity contribution is 7.10. The van der Waals surface area contributed by atoms with Crippen LogP contribution in [0.15, 0.2) is 35.7 Å². The lowest BCUT2D eigenvalue weighted by Crippen LogP contribution is -2.37. The van der Waals surface area contributed by atoms with E-state index in [1.165, 1.54) is 16.0 Å².